The minimum absolute atomic E-state index is 0.145. The summed E-state index contributed by atoms with van der Waals surface area (Å²) in [7, 11) is 0. The molecule has 1 aromatic heterocycles. The molecule has 1 saturated heterocycles. The van der Waals surface area contributed by atoms with Crippen LogP contribution >= 0.6 is 0 Å². The molecule has 2 aliphatic heterocycles. The van der Waals surface area contributed by atoms with E-state index in [-0.39, 0.29) is 11.6 Å². The summed E-state index contributed by atoms with van der Waals surface area (Å²) in [6.45, 7) is 5.83. The van der Waals surface area contributed by atoms with Crippen molar-refractivity contribution >= 4 is 10.9 Å². The monoisotopic (exact) mass is 382 g/mol. The number of benzene rings is 2. The lowest BCUT2D eigenvalue weighted by Gasteiger charge is -2.33. The predicted molar refractivity (Wildman–Crippen MR) is 105 cm³/mol. The molecule has 2 aromatic carbocycles. The second-order valence-electron chi connectivity index (χ2n) is 7.99. The van der Waals surface area contributed by atoms with Gasteiger partial charge in [-0.15, -0.1) is 0 Å². The molecule has 1 fully saturated rings. The SMILES string of the molecule is Fc1ccc2c(c1)CN(CCN1CCC(n3ncc4ccc(F)cc43)CC1)C2. The van der Waals surface area contributed by atoms with E-state index in [0.717, 1.165) is 68.6 Å². The average Bonchev–Trinajstić information content (AvgIpc) is 3.29. The lowest BCUT2D eigenvalue weighted by Crippen LogP contribution is -2.39. The van der Waals surface area contributed by atoms with Crippen LogP contribution in [0.1, 0.15) is 30.0 Å². The maximum absolute atomic E-state index is 13.6. The van der Waals surface area contributed by atoms with Gasteiger partial charge in [0.15, 0.2) is 0 Å². The molecule has 3 heterocycles. The van der Waals surface area contributed by atoms with Crippen LogP contribution in [-0.2, 0) is 13.1 Å². The lowest BCUT2D eigenvalue weighted by molar-refractivity contribution is 0.155. The van der Waals surface area contributed by atoms with Crippen LogP contribution in [-0.4, -0.2) is 45.8 Å². The van der Waals surface area contributed by atoms with E-state index < -0.39 is 0 Å². The number of nitrogens with zero attached hydrogens (tertiary/aromatic N) is 4. The number of fused-ring (bicyclic) bond motifs is 2. The van der Waals surface area contributed by atoms with Crippen LogP contribution in [0, 0.1) is 11.6 Å². The van der Waals surface area contributed by atoms with Gasteiger partial charge in [-0.3, -0.25) is 9.58 Å². The summed E-state index contributed by atoms with van der Waals surface area (Å²) in [5, 5.41) is 5.51. The zero-order valence-corrected chi connectivity index (χ0v) is 15.8. The Bertz CT molecular complexity index is 991. The molecule has 0 unspecified atom stereocenters. The van der Waals surface area contributed by atoms with E-state index in [0.29, 0.717) is 6.04 Å². The predicted octanol–water partition coefficient (Wildman–Crippen LogP) is 3.97. The fourth-order valence-electron chi connectivity index (χ4n) is 4.56. The highest BCUT2D eigenvalue weighted by atomic mass is 19.1. The minimum atomic E-state index is -0.210. The summed E-state index contributed by atoms with van der Waals surface area (Å²) < 4.78 is 29.0. The molecular formula is C22H24F2N4. The van der Waals surface area contributed by atoms with Crippen molar-refractivity contribution in [1.29, 1.82) is 0 Å². The van der Waals surface area contributed by atoms with E-state index in [1.807, 2.05) is 16.9 Å². The smallest absolute Gasteiger partial charge is 0.125 e. The largest absolute Gasteiger partial charge is 0.302 e. The van der Waals surface area contributed by atoms with E-state index in [9.17, 15) is 8.78 Å². The highest BCUT2D eigenvalue weighted by Crippen LogP contribution is 2.27. The van der Waals surface area contributed by atoms with Crippen LogP contribution in [0.25, 0.3) is 10.9 Å². The Morgan fingerprint density at radius 3 is 2.43 bits per heavy atom. The Morgan fingerprint density at radius 2 is 1.57 bits per heavy atom. The van der Waals surface area contributed by atoms with E-state index in [1.165, 1.54) is 11.6 Å². The van der Waals surface area contributed by atoms with Crippen molar-refractivity contribution in [3.05, 3.63) is 65.4 Å². The second kappa shape index (κ2) is 7.26. The Balaban J connectivity index is 1.15. The van der Waals surface area contributed by atoms with Gasteiger partial charge in [0.2, 0.25) is 0 Å². The quantitative estimate of drug-likeness (QED) is 0.683. The van der Waals surface area contributed by atoms with Crippen molar-refractivity contribution in [2.75, 3.05) is 26.2 Å². The van der Waals surface area contributed by atoms with Gasteiger partial charge < -0.3 is 4.90 Å². The number of hydrogen-bond acceptors (Lipinski definition) is 3. The minimum Gasteiger partial charge on any atom is -0.302 e. The van der Waals surface area contributed by atoms with Crippen molar-refractivity contribution in [2.24, 2.45) is 0 Å². The molecule has 0 bridgehead atoms. The van der Waals surface area contributed by atoms with Crippen LogP contribution in [0.15, 0.2) is 42.6 Å². The Kier molecular flexibility index (Phi) is 4.61. The average molecular weight is 382 g/mol. The Labute approximate surface area is 163 Å². The first kappa shape index (κ1) is 17.8. The number of hydrogen-bond donors (Lipinski definition) is 0. The molecule has 0 saturated carbocycles. The zero-order valence-electron chi connectivity index (χ0n) is 15.8. The van der Waals surface area contributed by atoms with Crippen molar-refractivity contribution in [3.63, 3.8) is 0 Å². The number of aromatic nitrogens is 2. The van der Waals surface area contributed by atoms with Crippen molar-refractivity contribution in [3.8, 4) is 0 Å². The van der Waals surface area contributed by atoms with Crippen molar-refractivity contribution in [2.45, 2.75) is 32.0 Å². The fraction of sp³-hybridized carbons (Fsp3) is 0.409. The number of halogens is 2. The second-order valence-corrected chi connectivity index (χ2v) is 7.99. The van der Waals surface area contributed by atoms with Crippen molar-refractivity contribution < 1.29 is 8.78 Å². The molecule has 0 radical (unpaired) electrons. The topological polar surface area (TPSA) is 24.3 Å². The normalized spacial score (nSPS) is 18.8. The standard InChI is InChI=1S/C22H24F2N4/c23-19-4-2-17-14-27(15-18(17)11-19)10-9-26-7-5-21(6-8-26)28-22-12-20(24)3-1-16(22)13-25-28/h1-4,11-13,21H,5-10,14-15H2. The van der Waals surface area contributed by atoms with Crippen molar-refractivity contribution in [1.82, 2.24) is 19.6 Å². The molecule has 0 atom stereocenters. The first-order valence-corrected chi connectivity index (χ1v) is 10.0. The van der Waals surface area contributed by atoms with Crippen LogP contribution < -0.4 is 0 Å². The fourth-order valence-corrected chi connectivity index (χ4v) is 4.56. The highest BCUT2D eigenvalue weighted by Gasteiger charge is 2.24. The van der Waals surface area contributed by atoms with E-state index in [1.54, 1.807) is 24.3 Å². The van der Waals surface area contributed by atoms with Crippen LogP contribution in [0.3, 0.4) is 0 Å². The summed E-state index contributed by atoms with van der Waals surface area (Å²) >= 11 is 0. The van der Waals surface area contributed by atoms with Gasteiger partial charge in [-0.2, -0.15) is 5.10 Å². The van der Waals surface area contributed by atoms with Gasteiger partial charge in [0.05, 0.1) is 17.8 Å². The van der Waals surface area contributed by atoms with Crippen LogP contribution in [0.4, 0.5) is 8.78 Å². The first-order valence-electron chi connectivity index (χ1n) is 10.0. The maximum Gasteiger partial charge on any atom is 0.125 e. The molecule has 4 nitrogen and oxygen atoms in total. The molecule has 0 aliphatic carbocycles. The third kappa shape index (κ3) is 3.42. The third-order valence-electron chi connectivity index (χ3n) is 6.15. The summed E-state index contributed by atoms with van der Waals surface area (Å²) in [6, 6.07) is 10.3. The number of piperidine rings is 1. The van der Waals surface area contributed by atoms with Crippen LogP contribution in [0.5, 0.6) is 0 Å². The van der Waals surface area contributed by atoms with E-state index >= 15 is 0 Å². The first-order chi connectivity index (χ1) is 13.7. The van der Waals surface area contributed by atoms with Gasteiger partial charge >= 0.3 is 0 Å². The van der Waals surface area contributed by atoms with Gasteiger partial charge in [0.1, 0.15) is 11.6 Å². The lowest BCUT2D eigenvalue weighted by atomic mass is 10.0. The summed E-state index contributed by atoms with van der Waals surface area (Å²) in [5.74, 6) is -0.355. The molecule has 0 N–H and O–H groups in total. The molecule has 5 rings (SSSR count). The summed E-state index contributed by atoms with van der Waals surface area (Å²) in [4.78, 5) is 4.88. The molecule has 6 heteroatoms. The molecule has 0 spiro atoms. The van der Waals surface area contributed by atoms with Gasteiger partial charge in [-0.1, -0.05) is 6.07 Å². The molecule has 3 aromatic rings. The van der Waals surface area contributed by atoms with Gasteiger partial charge in [0.25, 0.3) is 0 Å². The highest BCUT2D eigenvalue weighted by molar-refractivity contribution is 5.78. The molecular weight excluding hydrogens is 358 g/mol. The molecule has 2 aliphatic rings. The van der Waals surface area contributed by atoms with Gasteiger partial charge in [-0.25, -0.2) is 8.78 Å². The zero-order chi connectivity index (χ0) is 19.1. The number of likely N-dealkylation sites (tertiary alicyclic amines) is 1. The number of rotatable bonds is 4. The maximum atomic E-state index is 13.6. The molecule has 28 heavy (non-hydrogen) atoms. The van der Waals surface area contributed by atoms with Crippen LogP contribution in [0.2, 0.25) is 0 Å². The Morgan fingerprint density at radius 1 is 0.857 bits per heavy atom. The summed E-state index contributed by atoms with van der Waals surface area (Å²) in [5.41, 5.74) is 3.26. The Hall–Kier alpha value is -2.31. The molecule has 0 amide bonds. The summed E-state index contributed by atoms with van der Waals surface area (Å²) in [6.07, 6.45) is 3.88. The molecule has 146 valence electrons. The third-order valence-corrected chi connectivity index (χ3v) is 6.15. The van der Waals surface area contributed by atoms with E-state index in [2.05, 4.69) is 14.9 Å². The van der Waals surface area contributed by atoms with Gasteiger partial charge in [-0.05, 0) is 54.3 Å². The van der Waals surface area contributed by atoms with E-state index in [4.69, 9.17) is 0 Å². The van der Waals surface area contributed by atoms with Gasteiger partial charge in [0, 0.05) is 44.7 Å².